The van der Waals surface area contributed by atoms with Gasteiger partial charge in [-0.15, -0.1) is 0 Å². The number of hydrogen-bond acceptors (Lipinski definition) is 2. The first-order chi connectivity index (χ1) is 17.7. The normalized spacial score (nSPS) is 11.8. The van der Waals surface area contributed by atoms with E-state index in [1.54, 1.807) is 62.4 Å². The standard InChI is InChI=1S/C28H23F3N4O2/c1-17-23(26(36)34(32-17)21-9-5-3-6-10-21)25(19-13-15-20(16-14-19)28(29,30)31)24-18(2)33-35(27(24)37)22-11-7-4-8-12-22/h3-16,25,32-33H,1-2H3. The predicted molar refractivity (Wildman–Crippen MR) is 135 cm³/mol. The Morgan fingerprint density at radius 1 is 0.649 bits per heavy atom. The van der Waals surface area contributed by atoms with E-state index in [0.29, 0.717) is 28.3 Å². The summed E-state index contributed by atoms with van der Waals surface area (Å²) >= 11 is 0. The molecule has 0 amide bonds. The van der Waals surface area contributed by atoms with Gasteiger partial charge in [0.2, 0.25) is 0 Å². The quantitative estimate of drug-likeness (QED) is 0.334. The van der Waals surface area contributed by atoms with Gasteiger partial charge in [-0.05, 0) is 55.8 Å². The van der Waals surface area contributed by atoms with E-state index < -0.39 is 17.7 Å². The number of nitrogens with one attached hydrogen (secondary N) is 2. The highest BCUT2D eigenvalue weighted by Crippen LogP contribution is 2.35. The molecule has 0 aliphatic heterocycles. The number of halogens is 3. The van der Waals surface area contributed by atoms with Gasteiger partial charge < -0.3 is 0 Å². The second kappa shape index (κ2) is 9.16. The summed E-state index contributed by atoms with van der Waals surface area (Å²) in [5.74, 6) is -0.912. The van der Waals surface area contributed by atoms with E-state index in [1.165, 1.54) is 21.5 Å². The Balaban J connectivity index is 1.76. The lowest BCUT2D eigenvalue weighted by Crippen LogP contribution is -2.25. The number of hydrogen-bond donors (Lipinski definition) is 2. The molecule has 0 unspecified atom stereocenters. The lowest BCUT2D eigenvalue weighted by molar-refractivity contribution is -0.137. The molecule has 5 aromatic rings. The topological polar surface area (TPSA) is 75.6 Å². The lowest BCUT2D eigenvalue weighted by Gasteiger charge is -2.17. The van der Waals surface area contributed by atoms with Crippen molar-refractivity contribution in [3.05, 3.63) is 139 Å². The van der Waals surface area contributed by atoms with Crippen molar-refractivity contribution in [3.63, 3.8) is 0 Å². The van der Waals surface area contributed by atoms with E-state index in [4.69, 9.17) is 0 Å². The Morgan fingerprint density at radius 3 is 1.43 bits per heavy atom. The third kappa shape index (κ3) is 4.33. The molecule has 37 heavy (non-hydrogen) atoms. The Bertz CT molecular complexity index is 1560. The SMILES string of the molecule is Cc1[nH]n(-c2ccccc2)c(=O)c1C(c1ccc(C(F)(F)F)cc1)c1c(C)[nH]n(-c2ccccc2)c1=O. The third-order valence-corrected chi connectivity index (χ3v) is 6.41. The lowest BCUT2D eigenvalue weighted by atomic mass is 9.85. The molecular weight excluding hydrogens is 481 g/mol. The molecule has 0 atom stereocenters. The van der Waals surface area contributed by atoms with Crippen LogP contribution in [0.1, 0.15) is 39.6 Å². The maximum Gasteiger partial charge on any atom is 0.416 e. The minimum absolute atomic E-state index is 0.281. The number of alkyl halides is 3. The summed E-state index contributed by atoms with van der Waals surface area (Å²) in [4.78, 5) is 27.5. The summed E-state index contributed by atoms with van der Waals surface area (Å²) in [6.07, 6.45) is -4.51. The van der Waals surface area contributed by atoms with Crippen molar-refractivity contribution >= 4 is 0 Å². The zero-order chi connectivity index (χ0) is 26.3. The van der Waals surface area contributed by atoms with Crippen molar-refractivity contribution in [2.75, 3.05) is 0 Å². The zero-order valence-corrected chi connectivity index (χ0v) is 20.0. The zero-order valence-electron chi connectivity index (χ0n) is 20.0. The van der Waals surface area contributed by atoms with Crippen LogP contribution in [0.4, 0.5) is 13.2 Å². The van der Waals surface area contributed by atoms with Crippen molar-refractivity contribution in [2.45, 2.75) is 25.9 Å². The molecule has 2 N–H and O–H groups in total. The van der Waals surface area contributed by atoms with Gasteiger partial charge in [0.25, 0.3) is 11.1 Å². The van der Waals surface area contributed by atoms with E-state index in [-0.39, 0.29) is 22.2 Å². The third-order valence-electron chi connectivity index (χ3n) is 6.41. The summed E-state index contributed by atoms with van der Waals surface area (Å²) in [7, 11) is 0. The van der Waals surface area contributed by atoms with Crippen LogP contribution in [0.15, 0.2) is 94.5 Å². The van der Waals surface area contributed by atoms with Gasteiger partial charge in [-0.3, -0.25) is 19.8 Å². The summed E-state index contributed by atoms with van der Waals surface area (Å²) in [5, 5.41) is 6.13. The fourth-order valence-electron chi connectivity index (χ4n) is 4.66. The maximum absolute atomic E-state index is 13.7. The van der Waals surface area contributed by atoms with Gasteiger partial charge in [-0.1, -0.05) is 48.5 Å². The largest absolute Gasteiger partial charge is 0.416 e. The molecule has 0 aliphatic rings. The number of rotatable bonds is 5. The molecule has 0 bridgehead atoms. The number of benzene rings is 3. The summed E-state index contributed by atoms with van der Waals surface area (Å²) < 4.78 is 42.6. The molecule has 3 aromatic carbocycles. The minimum atomic E-state index is -4.51. The number of nitrogens with zero attached hydrogens (tertiary/aromatic N) is 2. The first kappa shape index (κ1) is 24.2. The second-order valence-corrected chi connectivity index (χ2v) is 8.81. The van der Waals surface area contributed by atoms with Crippen LogP contribution in [0.3, 0.4) is 0 Å². The second-order valence-electron chi connectivity index (χ2n) is 8.81. The van der Waals surface area contributed by atoms with Crippen molar-refractivity contribution < 1.29 is 13.2 Å². The summed E-state index contributed by atoms with van der Waals surface area (Å²) in [6.45, 7) is 3.43. The fourth-order valence-corrected chi connectivity index (χ4v) is 4.66. The monoisotopic (exact) mass is 504 g/mol. The highest BCUT2D eigenvalue weighted by molar-refractivity contribution is 5.48. The first-order valence-corrected chi connectivity index (χ1v) is 11.6. The van der Waals surface area contributed by atoms with Crippen LogP contribution in [-0.2, 0) is 6.18 Å². The van der Waals surface area contributed by atoms with Gasteiger partial charge in [0.15, 0.2) is 0 Å². The minimum Gasteiger partial charge on any atom is -0.295 e. The Hall–Kier alpha value is -4.53. The summed E-state index contributed by atoms with van der Waals surface area (Å²) in [6, 6.07) is 22.5. The van der Waals surface area contributed by atoms with E-state index in [0.717, 1.165) is 12.1 Å². The molecule has 0 spiro atoms. The van der Waals surface area contributed by atoms with Gasteiger partial charge >= 0.3 is 6.18 Å². The average molecular weight is 505 g/mol. The number of aromatic amines is 2. The van der Waals surface area contributed by atoms with Crippen molar-refractivity contribution in [3.8, 4) is 11.4 Å². The van der Waals surface area contributed by atoms with E-state index in [9.17, 15) is 22.8 Å². The smallest absolute Gasteiger partial charge is 0.295 e. The molecule has 0 saturated carbocycles. The van der Waals surface area contributed by atoms with Crippen LogP contribution >= 0.6 is 0 Å². The van der Waals surface area contributed by atoms with E-state index >= 15 is 0 Å². The van der Waals surface area contributed by atoms with Crippen LogP contribution in [0.2, 0.25) is 0 Å². The molecule has 2 heterocycles. The first-order valence-electron chi connectivity index (χ1n) is 11.6. The van der Waals surface area contributed by atoms with Crippen molar-refractivity contribution in [1.82, 2.24) is 19.6 Å². The molecule has 0 radical (unpaired) electrons. The van der Waals surface area contributed by atoms with Gasteiger partial charge in [0, 0.05) is 17.3 Å². The highest BCUT2D eigenvalue weighted by Gasteiger charge is 2.33. The fraction of sp³-hybridized carbons (Fsp3) is 0.143. The molecular formula is C28H23F3N4O2. The van der Waals surface area contributed by atoms with Crippen LogP contribution in [0.25, 0.3) is 11.4 Å². The van der Waals surface area contributed by atoms with Crippen LogP contribution in [-0.4, -0.2) is 19.6 Å². The summed E-state index contributed by atoms with van der Waals surface area (Å²) in [5.41, 5.74) is 1.57. The van der Waals surface area contributed by atoms with E-state index in [1.807, 2.05) is 12.1 Å². The van der Waals surface area contributed by atoms with Gasteiger partial charge in [0.05, 0.1) is 28.1 Å². The highest BCUT2D eigenvalue weighted by atomic mass is 19.4. The Morgan fingerprint density at radius 2 is 1.05 bits per heavy atom. The number of H-pyrrole nitrogens is 2. The van der Waals surface area contributed by atoms with Crippen molar-refractivity contribution in [2.24, 2.45) is 0 Å². The van der Waals surface area contributed by atoms with Crippen LogP contribution in [0, 0.1) is 13.8 Å². The van der Waals surface area contributed by atoms with Gasteiger partial charge in [-0.2, -0.15) is 13.2 Å². The van der Waals surface area contributed by atoms with Crippen LogP contribution < -0.4 is 11.1 Å². The van der Waals surface area contributed by atoms with E-state index in [2.05, 4.69) is 10.2 Å². The molecule has 0 fully saturated rings. The Labute approximate surface area is 209 Å². The van der Waals surface area contributed by atoms with Crippen molar-refractivity contribution in [1.29, 1.82) is 0 Å². The number of aryl methyl sites for hydroxylation is 2. The van der Waals surface area contributed by atoms with Gasteiger partial charge in [0.1, 0.15) is 0 Å². The number of aromatic nitrogens is 4. The Kier molecular flexibility index (Phi) is 5.99. The van der Waals surface area contributed by atoms with Gasteiger partial charge in [-0.25, -0.2) is 9.36 Å². The predicted octanol–water partition coefficient (Wildman–Crippen LogP) is 5.46. The maximum atomic E-state index is 13.7. The molecule has 188 valence electrons. The molecule has 2 aromatic heterocycles. The average Bonchev–Trinajstić information content (AvgIpc) is 3.35. The molecule has 6 nitrogen and oxygen atoms in total. The molecule has 0 saturated heterocycles. The molecule has 0 aliphatic carbocycles. The van der Waals surface area contributed by atoms with Crippen LogP contribution in [0.5, 0.6) is 0 Å². The number of para-hydroxylation sites is 2. The molecule has 9 heteroatoms. The molecule has 5 rings (SSSR count).